The summed E-state index contributed by atoms with van der Waals surface area (Å²) in [7, 11) is 1.68. The Kier molecular flexibility index (Phi) is 4.71. The summed E-state index contributed by atoms with van der Waals surface area (Å²) in [5.41, 5.74) is 1.00. The highest BCUT2D eigenvalue weighted by Gasteiger charge is 2.21. The van der Waals surface area contributed by atoms with Crippen molar-refractivity contribution < 1.29 is 4.79 Å². The number of hydrogen-bond acceptors (Lipinski definition) is 6. The van der Waals surface area contributed by atoms with Gasteiger partial charge in [-0.3, -0.25) is 9.69 Å². The predicted molar refractivity (Wildman–Crippen MR) is 87.3 cm³/mol. The summed E-state index contributed by atoms with van der Waals surface area (Å²) in [6, 6.07) is 2.41. The summed E-state index contributed by atoms with van der Waals surface area (Å²) in [6.45, 7) is 4.39. The van der Waals surface area contributed by atoms with Crippen molar-refractivity contribution >= 4 is 17.5 Å². The van der Waals surface area contributed by atoms with Crippen LogP contribution in [0.2, 0.25) is 0 Å². The fourth-order valence-corrected chi connectivity index (χ4v) is 2.87. The Morgan fingerprint density at radius 2 is 2.17 bits per heavy atom. The average molecular weight is 317 g/mol. The molecular weight excluding hydrogens is 294 g/mol. The molecule has 0 radical (unpaired) electrons. The van der Waals surface area contributed by atoms with Crippen LogP contribution < -0.4 is 10.6 Å². The zero-order valence-electron chi connectivity index (χ0n) is 13.6. The van der Waals surface area contributed by atoms with E-state index < -0.39 is 0 Å². The van der Waals surface area contributed by atoms with Gasteiger partial charge in [0.2, 0.25) is 5.91 Å². The van der Waals surface area contributed by atoms with Gasteiger partial charge >= 0.3 is 0 Å². The van der Waals surface area contributed by atoms with Gasteiger partial charge in [0, 0.05) is 37.9 Å². The lowest BCUT2D eigenvalue weighted by Gasteiger charge is -2.32. The zero-order valence-corrected chi connectivity index (χ0v) is 13.6. The van der Waals surface area contributed by atoms with Crippen LogP contribution in [0.4, 0.5) is 5.82 Å². The highest BCUT2D eigenvalue weighted by molar-refractivity contribution is 5.77. The van der Waals surface area contributed by atoms with E-state index in [9.17, 15) is 4.79 Å². The molecule has 1 aliphatic heterocycles. The third kappa shape index (κ3) is 3.58. The number of nitrogens with zero attached hydrogens (tertiary/aromatic N) is 5. The van der Waals surface area contributed by atoms with E-state index in [0.29, 0.717) is 18.4 Å². The molecule has 124 valence electrons. The Morgan fingerprint density at radius 3 is 2.87 bits per heavy atom. The van der Waals surface area contributed by atoms with Gasteiger partial charge in [-0.2, -0.15) is 14.6 Å². The summed E-state index contributed by atoms with van der Waals surface area (Å²) in [4.78, 5) is 22.3. The standard InChI is InChI=1S/C15H23N7O/c1-3-11-8-13(22-15(20-11)17-10-18-22)19-12-4-6-21(7-5-12)9-14(23)16-2/h8,10,12,19H,3-7,9H2,1-2H3,(H,16,23). The molecule has 1 amide bonds. The third-order valence-electron chi connectivity index (χ3n) is 4.25. The van der Waals surface area contributed by atoms with Gasteiger partial charge in [0.25, 0.3) is 5.78 Å². The fraction of sp³-hybridized carbons (Fsp3) is 0.600. The number of anilines is 1. The van der Waals surface area contributed by atoms with Crippen LogP contribution in [-0.4, -0.2) is 63.1 Å². The van der Waals surface area contributed by atoms with E-state index >= 15 is 0 Å². The van der Waals surface area contributed by atoms with Gasteiger partial charge in [0.1, 0.15) is 12.1 Å². The van der Waals surface area contributed by atoms with Crippen LogP contribution in [0.25, 0.3) is 5.78 Å². The summed E-state index contributed by atoms with van der Waals surface area (Å²) >= 11 is 0. The van der Waals surface area contributed by atoms with Crippen LogP contribution in [0, 0.1) is 0 Å². The van der Waals surface area contributed by atoms with Crippen LogP contribution in [0.5, 0.6) is 0 Å². The Balaban J connectivity index is 1.65. The maximum Gasteiger partial charge on any atom is 0.254 e. The number of aromatic nitrogens is 4. The smallest absolute Gasteiger partial charge is 0.254 e. The monoisotopic (exact) mass is 317 g/mol. The molecule has 23 heavy (non-hydrogen) atoms. The number of rotatable bonds is 5. The van der Waals surface area contributed by atoms with Gasteiger partial charge in [-0.05, 0) is 19.3 Å². The van der Waals surface area contributed by atoms with E-state index in [1.807, 2.05) is 6.07 Å². The second-order valence-corrected chi connectivity index (χ2v) is 5.83. The minimum Gasteiger partial charge on any atom is -0.367 e. The Labute approximate surface area is 135 Å². The number of nitrogens with one attached hydrogen (secondary N) is 2. The maximum atomic E-state index is 11.4. The third-order valence-corrected chi connectivity index (χ3v) is 4.25. The van der Waals surface area contributed by atoms with Crippen LogP contribution in [-0.2, 0) is 11.2 Å². The molecule has 2 aromatic rings. The number of amides is 1. The summed E-state index contributed by atoms with van der Waals surface area (Å²) < 4.78 is 1.75. The molecule has 0 aliphatic carbocycles. The number of piperidine rings is 1. The van der Waals surface area contributed by atoms with E-state index in [1.165, 1.54) is 6.33 Å². The van der Waals surface area contributed by atoms with Crippen molar-refractivity contribution in [2.45, 2.75) is 32.2 Å². The maximum absolute atomic E-state index is 11.4. The van der Waals surface area contributed by atoms with Crippen LogP contribution in [0.3, 0.4) is 0 Å². The van der Waals surface area contributed by atoms with Crippen molar-refractivity contribution in [2.24, 2.45) is 0 Å². The number of likely N-dealkylation sites (N-methyl/N-ethyl adjacent to an activating group) is 1. The van der Waals surface area contributed by atoms with Gasteiger partial charge in [0.15, 0.2) is 0 Å². The van der Waals surface area contributed by atoms with Crippen molar-refractivity contribution in [2.75, 3.05) is 32.0 Å². The molecule has 3 heterocycles. The quantitative estimate of drug-likeness (QED) is 0.825. The number of hydrogen-bond donors (Lipinski definition) is 2. The van der Waals surface area contributed by atoms with E-state index in [2.05, 4.69) is 37.5 Å². The lowest BCUT2D eigenvalue weighted by atomic mass is 10.0. The molecule has 0 atom stereocenters. The Bertz CT molecular complexity index is 676. The molecule has 0 spiro atoms. The Morgan fingerprint density at radius 1 is 1.39 bits per heavy atom. The molecule has 1 aliphatic rings. The number of fused-ring (bicyclic) bond motifs is 1. The molecule has 8 heteroatoms. The number of carbonyl (C=O) groups is 1. The molecule has 1 saturated heterocycles. The van der Waals surface area contributed by atoms with Crippen molar-refractivity contribution in [3.63, 3.8) is 0 Å². The highest BCUT2D eigenvalue weighted by Crippen LogP contribution is 2.18. The molecule has 0 bridgehead atoms. The SMILES string of the molecule is CCc1cc(NC2CCN(CC(=O)NC)CC2)n2ncnc2n1. The highest BCUT2D eigenvalue weighted by atomic mass is 16.1. The van der Waals surface area contributed by atoms with E-state index in [0.717, 1.165) is 43.9 Å². The molecular formula is C15H23N7O. The van der Waals surface area contributed by atoms with E-state index in [-0.39, 0.29) is 5.91 Å². The Hall–Kier alpha value is -2.22. The van der Waals surface area contributed by atoms with E-state index in [1.54, 1.807) is 11.6 Å². The summed E-state index contributed by atoms with van der Waals surface area (Å²) in [5, 5.41) is 10.5. The van der Waals surface area contributed by atoms with E-state index in [4.69, 9.17) is 0 Å². The molecule has 0 aromatic carbocycles. The minimum absolute atomic E-state index is 0.0717. The van der Waals surface area contributed by atoms with Crippen molar-refractivity contribution in [1.29, 1.82) is 0 Å². The van der Waals surface area contributed by atoms with Crippen molar-refractivity contribution in [3.05, 3.63) is 18.1 Å². The van der Waals surface area contributed by atoms with Crippen molar-refractivity contribution in [3.8, 4) is 0 Å². The molecule has 8 nitrogen and oxygen atoms in total. The van der Waals surface area contributed by atoms with Crippen molar-refractivity contribution in [1.82, 2.24) is 29.8 Å². The van der Waals surface area contributed by atoms with Crippen LogP contribution >= 0.6 is 0 Å². The second-order valence-electron chi connectivity index (χ2n) is 5.83. The molecule has 3 rings (SSSR count). The first-order valence-corrected chi connectivity index (χ1v) is 8.08. The second kappa shape index (κ2) is 6.91. The lowest BCUT2D eigenvalue weighted by molar-refractivity contribution is -0.122. The van der Waals surface area contributed by atoms with Gasteiger partial charge < -0.3 is 10.6 Å². The van der Waals surface area contributed by atoms with Gasteiger partial charge in [-0.1, -0.05) is 6.92 Å². The van der Waals surface area contributed by atoms with Gasteiger partial charge in [-0.25, -0.2) is 4.98 Å². The molecule has 2 aromatic heterocycles. The topological polar surface area (TPSA) is 87.5 Å². The summed E-state index contributed by atoms with van der Waals surface area (Å²) in [5.74, 6) is 1.64. The van der Waals surface area contributed by atoms with Gasteiger partial charge in [-0.15, -0.1) is 0 Å². The minimum atomic E-state index is 0.0717. The first kappa shape index (κ1) is 15.7. The molecule has 2 N–H and O–H groups in total. The molecule has 0 unspecified atom stereocenters. The lowest BCUT2D eigenvalue weighted by Crippen LogP contribution is -2.43. The van der Waals surface area contributed by atoms with Crippen LogP contribution in [0.15, 0.2) is 12.4 Å². The number of likely N-dealkylation sites (tertiary alicyclic amines) is 1. The molecule has 1 fully saturated rings. The first-order valence-electron chi connectivity index (χ1n) is 8.08. The fourth-order valence-electron chi connectivity index (χ4n) is 2.87. The predicted octanol–water partition coefficient (Wildman–Crippen LogP) is 0.309. The van der Waals surface area contributed by atoms with Crippen LogP contribution in [0.1, 0.15) is 25.5 Å². The average Bonchev–Trinajstić information content (AvgIpc) is 3.05. The normalized spacial score (nSPS) is 16.6. The van der Waals surface area contributed by atoms with Gasteiger partial charge in [0.05, 0.1) is 6.54 Å². The first-order chi connectivity index (χ1) is 11.2. The number of carbonyl (C=O) groups excluding carboxylic acids is 1. The zero-order chi connectivity index (χ0) is 16.2. The summed E-state index contributed by atoms with van der Waals surface area (Å²) in [6.07, 6.45) is 4.38. The molecule has 0 saturated carbocycles. The number of aryl methyl sites for hydroxylation is 1. The largest absolute Gasteiger partial charge is 0.367 e.